The minimum absolute atomic E-state index is 0.740. The van der Waals surface area contributed by atoms with Crippen LogP contribution < -0.4 is 9.80 Å². The Morgan fingerprint density at radius 1 is 1.11 bits per heavy atom. The summed E-state index contributed by atoms with van der Waals surface area (Å²) in [6, 6.07) is 2.95. The molecule has 0 N–H and O–H groups in total. The topological polar surface area (TPSA) is 32.3 Å². The van der Waals surface area contributed by atoms with Crippen molar-refractivity contribution in [3.8, 4) is 0 Å². The maximum Gasteiger partial charge on any atom is 0.134 e. The molecule has 0 aromatic carbocycles. The van der Waals surface area contributed by atoms with Crippen molar-refractivity contribution >= 4 is 23.4 Å². The van der Waals surface area contributed by atoms with Crippen molar-refractivity contribution in [2.45, 2.75) is 25.3 Å². The lowest BCUT2D eigenvalue weighted by atomic mass is 10.1. The van der Waals surface area contributed by atoms with Gasteiger partial charge >= 0.3 is 0 Å². The van der Waals surface area contributed by atoms with Gasteiger partial charge in [-0.1, -0.05) is 0 Å². The van der Waals surface area contributed by atoms with Crippen molar-refractivity contribution in [2.75, 3.05) is 40.9 Å². The van der Waals surface area contributed by atoms with Gasteiger partial charge in [-0.15, -0.1) is 0 Å². The maximum atomic E-state index is 4.52. The minimum Gasteiger partial charge on any atom is -0.355 e. The quantitative estimate of drug-likeness (QED) is 0.825. The van der Waals surface area contributed by atoms with Gasteiger partial charge in [0.15, 0.2) is 0 Å². The number of piperidine rings is 1. The smallest absolute Gasteiger partial charge is 0.134 e. The Labute approximate surface area is 118 Å². The normalized spacial score (nSPS) is 30.1. The third kappa shape index (κ3) is 2.18. The zero-order valence-corrected chi connectivity index (χ0v) is 12.0. The number of nitrogens with zero attached hydrogens (tertiary/aromatic N) is 4. The number of hydrogen-bond donors (Lipinski definition) is 0. The van der Waals surface area contributed by atoms with Crippen molar-refractivity contribution < 1.29 is 0 Å². The van der Waals surface area contributed by atoms with E-state index in [0.717, 1.165) is 36.7 Å². The van der Waals surface area contributed by atoms with E-state index < -0.39 is 0 Å². The van der Waals surface area contributed by atoms with E-state index in [4.69, 9.17) is 0 Å². The summed E-state index contributed by atoms with van der Waals surface area (Å²) >= 11 is 2.04. The van der Waals surface area contributed by atoms with Crippen LogP contribution in [0.5, 0.6) is 0 Å². The lowest BCUT2D eigenvalue weighted by molar-refractivity contribution is 0.550. The van der Waals surface area contributed by atoms with Crippen LogP contribution >= 0.6 is 11.8 Å². The summed E-state index contributed by atoms with van der Waals surface area (Å²) in [5.41, 5.74) is 0. The summed E-state index contributed by atoms with van der Waals surface area (Å²) in [5, 5.41) is 0. The molecule has 102 valence electrons. The molecule has 3 aliphatic rings. The van der Waals surface area contributed by atoms with E-state index >= 15 is 0 Å². The highest BCUT2D eigenvalue weighted by molar-refractivity contribution is 7.99. The van der Waals surface area contributed by atoms with Crippen LogP contribution in [0.2, 0.25) is 0 Å². The van der Waals surface area contributed by atoms with Crippen LogP contribution in [0.4, 0.5) is 11.6 Å². The van der Waals surface area contributed by atoms with Crippen LogP contribution in [0.15, 0.2) is 12.4 Å². The molecular weight excluding hydrogens is 256 g/mol. The van der Waals surface area contributed by atoms with Crippen LogP contribution in [0.25, 0.3) is 0 Å². The fraction of sp³-hybridized carbons (Fsp3) is 0.714. The van der Waals surface area contributed by atoms with Gasteiger partial charge in [0.1, 0.15) is 18.0 Å². The molecule has 0 radical (unpaired) electrons. The zero-order chi connectivity index (χ0) is 12.7. The third-order valence-electron chi connectivity index (χ3n) is 4.68. The largest absolute Gasteiger partial charge is 0.355 e. The lowest BCUT2D eigenvalue weighted by Gasteiger charge is -2.30. The van der Waals surface area contributed by atoms with E-state index in [1.165, 1.54) is 37.3 Å². The van der Waals surface area contributed by atoms with Crippen molar-refractivity contribution in [2.24, 2.45) is 5.92 Å². The van der Waals surface area contributed by atoms with Crippen LogP contribution in [-0.2, 0) is 0 Å². The standard InChI is InChI=1S/C14H20N4S/c1-2-12-7-11(1)9-18(12)14-8-13(15-10-16-14)17-3-5-19-6-4-17/h8,10-12H,1-7,9H2. The van der Waals surface area contributed by atoms with Gasteiger partial charge in [-0.2, -0.15) is 11.8 Å². The number of aromatic nitrogens is 2. The number of anilines is 2. The van der Waals surface area contributed by atoms with Crippen LogP contribution in [0.1, 0.15) is 19.3 Å². The van der Waals surface area contributed by atoms with Gasteiger partial charge in [0.05, 0.1) is 0 Å². The lowest BCUT2D eigenvalue weighted by Crippen LogP contribution is -2.35. The molecule has 1 aliphatic carbocycles. The van der Waals surface area contributed by atoms with Gasteiger partial charge in [-0.25, -0.2) is 9.97 Å². The van der Waals surface area contributed by atoms with E-state index in [-0.39, 0.29) is 0 Å². The molecular formula is C14H20N4S. The zero-order valence-electron chi connectivity index (χ0n) is 11.2. The minimum atomic E-state index is 0.740. The number of rotatable bonds is 2. The summed E-state index contributed by atoms with van der Waals surface area (Å²) in [7, 11) is 0. The predicted molar refractivity (Wildman–Crippen MR) is 80.0 cm³/mol. The molecule has 19 heavy (non-hydrogen) atoms. The summed E-state index contributed by atoms with van der Waals surface area (Å²) in [6.45, 7) is 3.44. The van der Waals surface area contributed by atoms with E-state index in [2.05, 4.69) is 25.8 Å². The second kappa shape index (κ2) is 4.85. The van der Waals surface area contributed by atoms with Crippen molar-refractivity contribution in [1.29, 1.82) is 0 Å². The van der Waals surface area contributed by atoms with Crippen LogP contribution in [0, 0.1) is 5.92 Å². The highest BCUT2D eigenvalue weighted by Crippen LogP contribution is 2.39. The number of fused-ring (bicyclic) bond motifs is 2. The molecule has 1 aromatic heterocycles. The molecule has 1 saturated carbocycles. The Morgan fingerprint density at radius 2 is 1.95 bits per heavy atom. The van der Waals surface area contributed by atoms with Crippen molar-refractivity contribution in [3.05, 3.63) is 12.4 Å². The van der Waals surface area contributed by atoms with E-state index in [1.807, 2.05) is 11.8 Å². The maximum absolute atomic E-state index is 4.52. The molecule has 2 atom stereocenters. The Bertz CT molecular complexity index is 461. The Kier molecular flexibility index (Phi) is 3.02. The van der Waals surface area contributed by atoms with E-state index in [0.29, 0.717) is 0 Å². The molecule has 3 fully saturated rings. The van der Waals surface area contributed by atoms with Gasteiger partial charge in [-0.3, -0.25) is 0 Å². The van der Waals surface area contributed by atoms with Crippen molar-refractivity contribution in [3.63, 3.8) is 0 Å². The summed E-state index contributed by atoms with van der Waals surface area (Å²) in [5.74, 6) is 5.61. The number of thioether (sulfide) groups is 1. The molecule has 4 rings (SSSR count). The summed E-state index contributed by atoms with van der Waals surface area (Å²) in [4.78, 5) is 13.9. The van der Waals surface area contributed by atoms with Gasteiger partial charge in [0.2, 0.25) is 0 Å². The number of hydrogen-bond acceptors (Lipinski definition) is 5. The third-order valence-corrected chi connectivity index (χ3v) is 5.62. The first-order chi connectivity index (χ1) is 9.40. The second-order valence-electron chi connectivity index (χ2n) is 5.82. The highest BCUT2D eigenvalue weighted by Gasteiger charge is 2.38. The molecule has 2 unspecified atom stereocenters. The molecule has 2 saturated heterocycles. The SMILES string of the molecule is c1nc(N2CCSCC2)cc(N2CC3CCC2C3)n1. The molecule has 3 heterocycles. The molecule has 5 heteroatoms. The summed E-state index contributed by atoms with van der Waals surface area (Å²) < 4.78 is 0. The van der Waals surface area contributed by atoms with Crippen molar-refractivity contribution in [1.82, 2.24) is 9.97 Å². The first-order valence-corrected chi connectivity index (χ1v) is 8.47. The van der Waals surface area contributed by atoms with Gasteiger partial charge < -0.3 is 9.80 Å². The average Bonchev–Trinajstić information content (AvgIpc) is 3.11. The molecule has 1 aromatic rings. The molecule has 2 aliphatic heterocycles. The first kappa shape index (κ1) is 11.8. The summed E-state index contributed by atoms with van der Waals surface area (Å²) in [6.07, 6.45) is 5.89. The van der Waals surface area contributed by atoms with E-state index in [1.54, 1.807) is 6.33 Å². The Balaban J connectivity index is 1.56. The first-order valence-electron chi connectivity index (χ1n) is 7.31. The molecule has 2 bridgehead atoms. The average molecular weight is 276 g/mol. The predicted octanol–water partition coefficient (Wildman–Crippen LogP) is 2.02. The second-order valence-corrected chi connectivity index (χ2v) is 7.04. The van der Waals surface area contributed by atoms with Gasteiger partial charge in [-0.05, 0) is 25.2 Å². The van der Waals surface area contributed by atoms with Gasteiger partial charge in [0, 0.05) is 43.2 Å². The fourth-order valence-electron chi connectivity index (χ4n) is 3.66. The van der Waals surface area contributed by atoms with Crippen LogP contribution in [0.3, 0.4) is 0 Å². The fourth-order valence-corrected chi connectivity index (χ4v) is 4.57. The Hall–Kier alpha value is -0.970. The van der Waals surface area contributed by atoms with Gasteiger partial charge in [0.25, 0.3) is 0 Å². The molecule has 0 amide bonds. The van der Waals surface area contributed by atoms with Crippen LogP contribution in [-0.4, -0.2) is 47.1 Å². The molecule has 4 nitrogen and oxygen atoms in total. The van der Waals surface area contributed by atoms with E-state index in [9.17, 15) is 0 Å². The molecule has 0 spiro atoms. The highest BCUT2D eigenvalue weighted by atomic mass is 32.2. The Morgan fingerprint density at radius 3 is 2.68 bits per heavy atom. The monoisotopic (exact) mass is 276 g/mol.